The van der Waals surface area contributed by atoms with Crippen LogP contribution in [0.3, 0.4) is 0 Å². The van der Waals surface area contributed by atoms with Crippen LogP contribution in [0, 0.1) is 0 Å². The Kier molecular flexibility index (Phi) is 6.69. The zero-order valence-corrected chi connectivity index (χ0v) is 14.5. The molecule has 0 fully saturated rings. The average Bonchev–Trinajstić information content (AvgIpc) is 2.50. The molecule has 1 aromatic carbocycles. The maximum Gasteiger partial charge on any atom is 0.304 e. The molecule has 0 unspecified atom stereocenters. The molecule has 0 atom stereocenters. The Bertz CT molecular complexity index is 741. The molecule has 0 aliphatic rings. The Morgan fingerprint density at radius 1 is 1.13 bits per heavy atom. The standard InChI is InChI=1S/C13H20N2O6S2/c1-3-9-14-22(18,19)11-4-6-12(7-5-11)23(20,21)15(2)10-8-13(16)17/h4-7,14H,3,8-10H2,1-2H3,(H,16,17). The fraction of sp³-hybridized carbons (Fsp3) is 0.462. The van der Waals surface area contributed by atoms with Crippen molar-refractivity contribution < 1.29 is 26.7 Å². The molecule has 0 bridgehead atoms. The Hall–Kier alpha value is -1.49. The first kappa shape index (κ1) is 19.6. The van der Waals surface area contributed by atoms with Crippen LogP contribution in [0.4, 0.5) is 0 Å². The third kappa shape index (κ3) is 5.27. The molecule has 2 N–H and O–H groups in total. The number of nitrogens with one attached hydrogen (secondary N) is 1. The quantitative estimate of drug-likeness (QED) is 0.657. The van der Waals surface area contributed by atoms with Gasteiger partial charge >= 0.3 is 5.97 Å². The summed E-state index contributed by atoms with van der Waals surface area (Å²) in [7, 11) is -6.25. The van der Waals surface area contributed by atoms with E-state index in [9.17, 15) is 21.6 Å². The zero-order valence-electron chi connectivity index (χ0n) is 12.9. The smallest absolute Gasteiger partial charge is 0.304 e. The molecule has 1 rings (SSSR count). The highest BCUT2D eigenvalue weighted by molar-refractivity contribution is 7.89. The van der Waals surface area contributed by atoms with E-state index in [1.165, 1.54) is 31.3 Å². The van der Waals surface area contributed by atoms with Crippen LogP contribution in [-0.4, -0.2) is 52.4 Å². The van der Waals surface area contributed by atoms with Crippen LogP contribution < -0.4 is 4.72 Å². The number of sulfonamides is 2. The van der Waals surface area contributed by atoms with Gasteiger partial charge in [0.1, 0.15) is 0 Å². The molecule has 8 nitrogen and oxygen atoms in total. The number of carboxylic acids is 1. The first-order valence-electron chi connectivity index (χ1n) is 6.89. The molecule has 0 aliphatic carbocycles. The molecule has 0 heterocycles. The maximum atomic E-state index is 12.2. The normalized spacial score (nSPS) is 12.5. The Balaban J connectivity index is 2.97. The number of carboxylic acid groups (broad SMARTS) is 1. The van der Waals surface area contributed by atoms with Gasteiger partial charge in [0.25, 0.3) is 0 Å². The number of carbonyl (C=O) groups is 1. The van der Waals surface area contributed by atoms with E-state index in [2.05, 4.69) is 4.72 Å². The molecular formula is C13H20N2O6S2. The molecule has 0 aliphatic heterocycles. The molecule has 0 spiro atoms. The number of benzene rings is 1. The van der Waals surface area contributed by atoms with Crippen LogP contribution in [-0.2, 0) is 24.8 Å². The molecule has 0 aromatic heterocycles. The van der Waals surface area contributed by atoms with Gasteiger partial charge in [0.15, 0.2) is 0 Å². The fourth-order valence-corrected chi connectivity index (χ4v) is 3.97. The molecule has 0 radical (unpaired) electrons. The van der Waals surface area contributed by atoms with Gasteiger partial charge in [-0.05, 0) is 30.7 Å². The van der Waals surface area contributed by atoms with Crippen molar-refractivity contribution in [3.8, 4) is 0 Å². The molecular weight excluding hydrogens is 344 g/mol. The van der Waals surface area contributed by atoms with Gasteiger partial charge in [0.05, 0.1) is 16.2 Å². The number of rotatable bonds is 9. The summed E-state index contributed by atoms with van der Waals surface area (Å²) in [5.41, 5.74) is 0. The monoisotopic (exact) mass is 364 g/mol. The summed E-state index contributed by atoms with van der Waals surface area (Å²) in [5.74, 6) is -1.10. The summed E-state index contributed by atoms with van der Waals surface area (Å²) in [6.07, 6.45) is 0.323. The van der Waals surface area contributed by atoms with E-state index in [4.69, 9.17) is 5.11 Å². The van der Waals surface area contributed by atoms with Crippen molar-refractivity contribution in [2.75, 3.05) is 20.1 Å². The van der Waals surface area contributed by atoms with Crippen molar-refractivity contribution in [1.29, 1.82) is 0 Å². The summed E-state index contributed by atoms with van der Waals surface area (Å²) in [6, 6.07) is 4.78. The molecule has 23 heavy (non-hydrogen) atoms. The van der Waals surface area contributed by atoms with Crippen LogP contribution in [0.1, 0.15) is 19.8 Å². The summed E-state index contributed by atoms with van der Waals surface area (Å²) in [5, 5.41) is 8.60. The number of nitrogens with zero attached hydrogens (tertiary/aromatic N) is 1. The van der Waals surface area contributed by atoms with E-state index >= 15 is 0 Å². The fourth-order valence-electron chi connectivity index (χ4n) is 1.66. The minimum absolute atomic E-state index is 0.0295. The van der Waals surface area contributed by atoms with Crippen molar-refractivity contribution in [3.63, 3.8) is 0 Å². The Labute approximate surface area is 136 Å². The second kappa shape index (κ2) is 7.86. The zero-order chi connectivity index (χ0) is 17.7. The third-order valence-electron chi connectivity index (χ3n) is 3.02. The molecule has 0 amide bonds. The lowest BCUT2D eigenvalue weighted by Gasteiger charge is -2.16. The van der Waals surface area contributed by atoms with E-state index in [-0.39, 0.29) is 22.8 Å². The average molecular weight is 364 g/mol. The van der Waals surface area contributed by atoms with E-state index in [0.717, 1.165) is 4.31 Å². The minimum Gasteiger partial charge on any atom is -0.481 e. The van der Waals surface area contributed by atoms with Crippen LogP contribution in [0.2, 0.25) is 0 Å². The second-order valence-corrected chi connectivity index (χ2v) is 8.65. The van der Waals surface area contributed by atoms with Crippen molar-refractivity contribution in [2.45, 2.75) is 29.6 Å². The van der Waals surface area contributed by atoms with Crippen LogP contribution in [0.5, 0.6) is 0 Å². The minimum atomic E-state index is -3.86. The molecule has 130 valence electrons. The topological polar surface area (TPSA) is 121 Å². The third-order valence-corrected chi connectivity index (χ3v) is 6.37. The van der Waals surface area contributed by atoms with E-state index < -0.39 is 26.0 Å². The number of aliphatic carboxylic acids is 1. The van der Waals surface area contributed by atoms with Gasteiger partial charge in [-0.25, -0.2) is 25.9 Å². The lowest BCUT2D eigenvalue weighted by atomic mass is 10.4. The lowest BCUT2D eigenvalue weighted by molar-refractivity contribution is -0.137. The van der Waals surface area contributed by atoms with Gasteiger partial charge in [0.2, 0.25) is 20.0 Å². The van der Waals surface area contributed by atoms with Crippen LogP contribution in [0.25, 0.3) is 0 Å². The van der Waals surface area contributed by atoms with E-state index in [0.29, 0.717) is 13.0 Å². The summed E-state index contributed by atoms with van der Waals surface area (Å²) < 4.78 is 51.6. The SMILES string of the molecule is CCCNS(=O)(=O)c1ccc(S(=O)(=O)N(C)CCC(=O)O)cc1. The second-order valence-electron chi connectivity index (χ2n) is 4.84. The molecule has 1 aromatic rings. The van der Waals surface area contributed by atoms with E-state index in [1.807, 2.05) is 6.92 Å². The first-order chi connectivity index (χ1) is 10.6. The van der Waals surface area contributed by atoms with Crippen LogP contribution in [0.15, 0.2) is 34.1 Å². The summed E-state index contributed by atoms with van der Waals surface area (Å²) >= 11 is 0. The number of hydrogen-bond donors (Lipinski definition) is 2. The van der Waals surface area contributed by atoms with Crippen molar-refractivity contribution in [2.24, 2.45) is 0 Å². The summed E-state index contributed by atoms with van der Waals surface area (Å²) in [4.78, 5) is 10.4. The predicted octanol–water partition coefficient (Wildman–Crippen LogP) is 0.470. The lowest BCUT2D eigenvalue weighted by Crippen LogP contribution is -2.29. The Morgan fingerprint density at radius 2 is 1.65 bits per heavy atom. The van der Waals surface area contributed by atoms with Crippen LogP contribution >= 0.6 is 0 Å². The highest BCUT2D eigenvalue weighted by Crippen LogP contribution is 2.17. The van der Waals surface area contributed by atoms with E-state index in [1.54, 1.807) is 0 Å². The maximum absolute atomic E-state index is 12.2. The van der Waals surface area contributed by atoms with Gasteiger partial charge in [-0.3, -0.25) is 4.79 Å². The van der Waals surface area contributed by atoms with Gasteiger partial charge in [0, 0.05) is 20.1 Å². The molecule has 0 saturated carbocycles. The largest absolute Gasteiger partial charge is 0.481 e. The highest BCUT2D eigenvalue weighted by Gasteiger charge is 2.22. The molecule has 10 heteroatoms. The van der Waals surface area contributed by atoms with Crippen molar-refractivity contribution in [3.05, 3.63) is 24.3 Å². The molecule has 0 saturated heterocycles. The Morgan fingerprint density at radius 3 is 2.13 bits per heavy atom. The van der Waals surface area contributed by atoms with Gasteiger partial charge in [-0.1, -0.05) is 6.92 Å². The van der Waals surface area contributed by atoms with Gasteiger partial charge < -0.3 is 5.11 Å². The van der Waals surface area contributed by atoms with Gasteiger partial charge in [-0.15, -0.1) is 0 Å². The van der Waals surface area contributed by atoms with Crippen molar-refractivity contribution in [1.82, 2.24) is 9.03 Å². The number of hydrogen-bond acceptors (Lipinski definition) is 5. The first-order valence-corrected chi connectivity index (χ1v) is 9.81. The van der Waals surface area contributed by atoms with Gasteiger partial charge in [-0.2, -0.15) is 0 Å². The predicted molar refractivity (Wildman–Crippen MR) is 84.0 cm³/mol. The highest BCUT2D eigenvalue weighted by atomic mass is 32.2. The summed E-state index contributed by atoms with van der Waals surface area (Å²) in [6.45, 7) is 1.95. The van der Waals surface area contributed by atoms with Crippen molar-refractivity contribution >= 4 is 26.0 Å².